The molecule has 0 saturated heterocycles. The minimum Gasteiger partial charge on any atom is -0.477 e. The Bertz CT molecular complexity index is 519. The fourth-order valence-electron chi connectivity index (χ4n) is 1.83. The smallest absolute Gasteiger partial charge is 0.352 e. The maximum atomic E-state index is 11.0. The summed E-state index contributed by atoms with van der Waals surface area (Å²) in [5.74, 6) is -0.948. The molecule has 2 rings (SSSR count). The second-order valence-corrected chi connectivity index (χ2v) is 4.49. The third kappa shape index (κ3) is 3.13. The van der Waals surface area contributed by atoms with Crippen molar-refractivity contribution < 1.29 is 9.90 Å². The zero-order chi connectivity index (χ0) is 13.0. The highest BCUT2D eigenvalue weighted by molar-refractivity contribution is 6.30. The third-order valence-corrected chi connectivity index (χ3v) is 2.91. The number of halogens is 1. The van der Waals surface area contributed by atoms with Crippen LogP contribution in [-0.4, -0.2) is 25.2 Å². The number of hydrogen-bond acceptors (Lipinski definition) is 2. The van der Waals surface area contributed by atoms with Gasteiger partial charge >= 0.3 is 5.97 Å². The number of carboxylic acids is 1. The summed E-state index contributed by atoms with van der Waals surface area (Å²) in [5.41, 5.74) is 0.239. The summed E-state index contributed by atoms with van der Waals surface area (Å²) in [5, 5.41) is 9.45. The molecule has 5 nitrogen and oxygen atoms in total. The molecular formula is C12H14ClN3O2. The van der Waals surface area contributed by atoms with Crippen LogP contribution >= 0.6 is 11.6 Å². The summed E-state index contributed by atoms with van der Waals surface area (Å²) < 4.78 is 3.68. The zero-order valence-corrected chi connectivity index (χ0v) is 10.5. The van der Waals surface area contributed by atoms with E-state index in [-0.39, 0.29) is 5.69 Å². The van der Waals surface area contributed by atoms with Gasteiger partial charge < -0.3 is 14.2 Å². The van der Waals surface area contributed by atoms with Crippen molar-refractivity contribution in [2.75, 3.05) is 0 Å². The van der Waals surface area contributed by atoms with E-state index in [1.807, 2.05) is 10.8 Å². The molecule has 0 amide bonds. The predicted octanol–water partition coefficient (Wildman–Crippen LogP) is 2.52. The van der Waals surface area contributed by atoms with Gasteiger partial charge in [-0.05, 0) is 18.9 Å². The number of unbranched alkanes of at least 4 members (excludes halogenated alkanes) is 1. The molecule has 0 bridgehead atoms. The van der Waals surface area contributed by atoms with E-state index in [1.54, 1.807) is 23.3 Å². The topological polar surface area (TPSA) is 60.0 Å². The van der Waals surface area contributed by atoms with Crippen molar-refractivity contribution in [2.45, 2.75) is 25.9 Å². The Balaban J connectivity index is 1.84. The summed E-state index contributed by atoms with van der Waals surface area (Å²) in [7, 11) is 0. The first-order chi connectivity index (χ1) is 8.66. The average molecular weight is 268 g/mol. The van der Waals surface area contributed by atoms with Crippen molar-refractivity contribution in [2.24, 2.45) is 0 Å². The van der Waals surface area contributed by atoms with Crippen LogP contribution in [0.3, 0.4) is 0 Å². The molecule has 0 aliphatic rings. The number of rotatable bonds is 6. The molecule has 2 aromatic heterocycles. The monoisotopic (exact) mass is 267 g/mol. The van der Waals surface area contributed by atoms with Gasteiger partial charge in [-0.1, -0.05) is 11.6 Å². The number of aryl methyl sites for hydroxylation is 2. The van der Waals surface area contributed by atoms with Crippen molar-refractivity contribution in [1.29, 1.82) is 0 Å². The van der Waals surface area contributed by atoms with Crippen LogP contribution in [0.25, 0.3) is 0 Å². The van der Waals surface area contributed by atoms with Gasteiger partial charge in [0, 0.05) is 31.7 Å². The highest BCUT2D eigenvalue weighted by Gasteiger charge is 2.10. The van der Waals surface area contributed by atoms with Gasteiger partial charge in [0.25, 0.3) is 0 Å². The van der Waals surface area contributed by atoms with Crippen LogP contribution in [-0.2, 0) is 13.1 Å². The lowest BCUT2D eigenvalue weighted by atomic mass is 10.3. The van der Waals surface area contributed by atoms with Gasteiger partial charge in [0.1, 0.15) is 5.69 Å². The number of carboxylic acid groups (broad SMARTS) is 1. The molecule has 0 spiro atoms. The Morgan fingerprint density at radius 1 is 1.39 bits per heavy atom. The number of aromatic carboxylic acids is 1. The zero-order valence-electron chi connectivity index (χ0n) is 9.79. The summed E-state index contributed by atoms with van der Waals surface area (Å²) >= 11 is 5.81. The van der Waals surface area contributed by atoms with Crippen LogP contribution < -0.4 is 0 Å². The van der Waals surface area contributed by atoms with E-state index in [9.17, 15) is 4.79 Å². The van der Waals surface area contributed by atoms with Gasteiger partial charge in [0.05, 0.1) is 11.3 Å². The van der Waals surface area contributed by atoms with Crippen LogP contribution in [0.1, 0.15) is 23.3 Å². The lowest BCUT2D eigenvalue weighted by molar-refractivity contribution is 0.0685. The van der Waals surface area contributed by atoms with Gasteiger partial charge in [-0.25, -0.2) is 9.78 Å². The van der Waals surface area contributed by atoms with Crippen LogP contribution in [0.2, 0.25) is 5.02 Å². The number of carbonyl (C=O) groups is 1. The van der Waals surface area contributed by atoms with Gasteiger partial charge in [0.15, 0.2) is 0 Å². The fraction of sp³-hybridized carbons (Fsp3) is 0.333. The van der Waals surface area contributed by atoms with E-state index < -0.39 is 5.97 Å². The number of nitrogens with zero attached hydrogens (tertiary/aromatic N) is 3. The number of aromatic nitrogens is 3. The van der Waals surface area contributed by atoms with Crippen LogP contribution in [0.5, 0.6) is 0 Å². The van der Waals surface area contributed by atoms with Crippen LogP contribution in [0.15, 0.2) is 31.0 Å². The standard InChI is InChI=1S/C12H14ClN3O2/c13-10-7-11(12(17)18)16(8-10)5-2-1-4-15-6-3-14-9-15/h3,6-9H,1-2,4-5H2,(H,17,18). The molecule has 0 atom stereocenters. The molecule has 6 heteroatoms. The molecule has 2 aromatic rings. The highest BCUT2D eigenvalue weighted by atomic mass is 35.5. The maximum Gasteiger partial charge on any atom is 0.352 e. The van der Waals surface area contributed by atoms with Crippen molar-refractivity contribution >= 4 is 17.6 Å². The molecule has 1 N–H and O–H groups in total. The normalized spacial score (nSPS) is 10.7. The van der Waals surface area contributed by atoms with Crippen molar-refractivity contribution in [3.63, 3.8) is 0 Å². The van der Waals surface area contributed by atoms with E-state index in [2.05, 4.69) is 4.98 Å². The lowest BCUT2D eigenvalue weighted by Gasteiger charge is -2.06. The Morgan fingerprint density at radius 2 is 2.17 bits per heavy atom. The summed E-state index contributed by atoms with van der Waals surface area (Å²) in [6.45, 7) is 1.54. The van der Waals surface area contributed by atoms with Crippen LogP contribution in [0, 0.1) is 0 Å². The fourth-order valence-corrected chi connectivity index (χ4v) is 2.06. The molecule has 0 aliphatic carbocycles. The summed E-state index contributed by atoms with van der Waals surface area (Å²) in [6.07, 6.45) is 8.94. The SMILES string of the molecule is O=C(O)c1cc(Cl)cn1CCCCn1ccnc1. The van der Waals surface area contributed by atoms with E-state index >= 15 is 0 Å². The first kappa shape index (κ1) is 12.7. The van der Waals surface area contributed by atoms with Gasteiger partial charge in [-0.15, -0.1) is 0 Å². The largest absolute Gasteiger partial charge is 0.477 e. The first-order valence-corrected chi connectivity index (χ1v) is 6.09. The predicted molar refractivity (Wildman–Crippen MR) is 67.9 cm³/mol. The average Bonchev–Trinajstić information content (AvgIpc) is 2.93. The van der Waals surface area contributed by atoms with Crippen LogP contribution in [0.4, 0.5) is 0 Å². The first-order valence-electron chi connectivity index (χ1n) is 5.71. The Hall–Kier alpha value is -1.75. The molecule has 0 unspecified atom stereocenters. The molecule has 2 heterocycles. The quantitative estimate of drug-likeness (QED) is 0.818. The van der Waals surface area contributed by atoms with E-state index in [4.69, 9.17) is 16.7 Å². The Kier molecular flexibility index (Phi) is 4.04. The highest BCUT2D eigenvalue weighted by Crippen LogP contribution is 2.15. The number of imidazole rings is 1. The summed E-state index contributed by atoms with van der Waals surface area (Å²) in [4.78, 5) is 14.9. The molecule has 18 heavy (non-hydrogen) atoms. The second kappa shape index (κ2) is 5.73. The van der Waals surface area contributed by atoms with Crippen molar-refractivity contribution in [1.82, 2.24) is 14.1 Å². The summed E-state index contributed by atoms with van der Waals surface area (Å²) in [6, 6.07) is 1.47. The Morgan fingerprint density at radius 3 is 2.83 bits per heavy atom. The lowest BCUT2D eigenvalue weighted by Crippen LogP contribution is -2.08. The molecule has 0 radical (unpaired) electrons. The third-order valence-electron chi connectivity index (χ3n) is 2.71. The number of hydrogen-bond donors (Lipinski definition) is 1. The minimum atomic E-state index is -0.948. The van der Waals surface area contributed by atoms with E-state index in [0.717, 1.165) is 19.4 Å². The molecule has 0 fully saturated rings. The Labute approximate surface area is 110 Å². The molecular weight excluding hydrogens is 254 g/mol. The van der Waals surface area contributed by atoms with Gasteiger partial charge in [0.2, 0.25) is 0 Å². The van der Waals surface area contributed by atoms with Crippen molar-refractivity contribution in [3.8, 4) is 0 Å². The second-order valence-electron chi connectivity index (χ2n) is 4.05. The van der Waals surface area contributed by atoms with Gasteiger partial charge in [-0.2, -0.15) is 0 Å². The van der Waals surface area contributed by atoms with E-state index in [0.29, 0.717) is 11.6 Å². The molecule has 0 aliphatic heterocycles. The van der Waals surface area contributed by atoms with Crippen molar-refractivity contribution in [3.05, 3.63) is 41.7 Å². The maximum absolute atomic E-state index is 11.0. The molecule has 0 saturated carbocycles. The van der Waals surface area contributed by atoms with Gasteiger partial charge in [-0.3, -0.25) is 0 Å². The molecule has 0 aromatic carbocycles. The molecule has 96 valence electrons. The minimum absolute atomic E-state index is 0.239. The van der Waals surface area contributed by atoms with E-state index in [1.165, 1.54) is 6.07 Å².